The van der Waals surface area contributed by atoms with Crippen LogP contribution in [0.2, 0.25) is 0 Å². The topological polar surface area (TPSA) is 9.23 Å². The summed E-state index contributed by atoms with van der Waals surface area (Å²) in [7, 11) is 0. The Hall–Kier alpha value is -1.97. The van der Waals surface area contributed by atoms with Crippen molar-refractivity contribution < 1.29 is 17.9 Å². The lowest BCUT2D eigenvalue weighted by Gasteiger charge is -2.09. The number of alkyl halides is 3. The van der Waals surface area contributed by atoms with Crippen molar-refractivity contribution in [3.05, 3.63) is 71.1 Å². The summed E-state index contributed by atoms with van der Waals surface area (Å²) in [6.45, 7) is 0.701. The first-order valence-corrected chi connectivity index (χ1v) is 6.77. The van der Waals surface area contributed by atoms with Gasteiger partial charge in [-0.1, -0.05) is 30.3 Å². The van der Waals surface area contributed by atoms with Crippen LogP contribution in [0.4, 0.5) is 13.2 Å². The zero-order chi connectivity index (χ0) is 14.9. The largest absolute Gasteiger partial charge is 0.493 e. The number of fused-ring (bicyclic) bond motifs is 1. The lowest BCUT2D eigenvalue weighted by molar-refractivity contribution is -0.137. The van der Waals surface area contributed by atoms with Crippen LogP contribution < -0.4 is 4.74 Å². The number of rotatable bonds is 3. The first-order valence-electron chi connectivity index (χ1n) is 6.77. The predicted molar refractivity (Wildman–Crippen MR) is 74.2 cm³/mol. The average Bonchev–Trinajstić information content (AvgIpc) is 2.92. The van der Waals surface area contributed by atoms with Crippen molar-refractivity contribution in [3.63, 3.8) is 0 Å². The molecule has 0 bridgehead atoms. The fourth-order valence-corrected chi connectivity index (χ4v) is 2.44. The summed E-state index contributed by atoms with van der Waals surface area (Å²) in [5.74, 6) is 0.909. The third-order valence-corrected chi connectivity index (χ3v) is 3.54. The Morgan fingerprint density at radius 3 is 2.76 bits per heavy atom. The van der Waals surface area contributed by atoms with Crippen LogP contribution in [-0.2, 0) is 19.0 Å². The molecule has 0 unspecified atom stereocenters. The van der Waals surface area contributed by atoms with Gasteiger partial charge in [0.05, 0.1) is 12.2 Å². The van der Waals surface area contributed by atoms with E-state index in [0.29, 0.717) is 18.6 Å². The summed E-state index contributed by atoms with van der Waals surface area (Å²) in [5, 5.41) is 0. The Balaban J connectivity index is 1.70. The minimum absolute atomic E-state index is 0.476. The van der Waals surface area contributed by atoms with Crippen LogP contribution in [0.1, 0.15) is 22.3 Å². The minimum atomic E-state index is -4.29. The summed E-state index contributed by atoms with van der Waals surface area (Å²) in [5.41, 5.74) is 2.22. The van der Waals surface area contributed by atoms with Crippen molar-refractivity contribution in [1.82, 2.24) is 0 Å². The molecule has 0 aliphatic carbocycles. The van der Waals surface area contributed by atoms with Gasteiger partial charge in [0.15, 0.2) is 0 Å². The molecule has 2 aromatic rings. The molecule has 0 amide bonds. The van der Waals surface area contributed by atoms with Gasteiger partial charge in [-0.05, 0) is 41.7 Å². The second kappa shape index (κ2) is 5.43. The first-order chi connectivity index (χ1) is 10.0. The van der Waals surface area contributed by atoms with Crippen LogP contribution in [0.3, 0.4) is 0 Å². The normalized spacial score (nSPS) is 13.9. The molecule has 109 valence electrons. The standard InChI is InChI=1S/C17H14F3O/c18-17(19,20)15-3-1-2-12(11-15)4-5-13-6-7-16-14(10-13)8-9-21-16/h1-3,5-7,10-11H,4,8-9H2. The van der Waals surface area contributed by atoms with Gasteiger partial charge < -0.3 is 4.74 Å². The van der Waals surface area contributed by atoms with Gasteiger partial charge >= 0.3 is 6.18 Å². The van der Waals surface area contributed by atoms with Gasteiger partial charge in [0.25, 0.3) is 0 Å². The fourth-order valence-electron chi connectivity index (χ4n) is 2.44. The zero-order valence-electron chi connectivity index (χ0n) is 11.3. The highest BCUT2D eigenvalue weighted by molar-refractivity contribution is 5.42. The van der Waals surface area contributed by atoms with Crippen LogP contribution in [-0.4, -0.2) is 6.61 Å². The SMILES string of the molecule is FC(F)(F)c1cccc(C[CH]c2ccc3c(c2)CCO3)c1. The summed E-state index contributed by atoms with van der Waals surface area (Å²) in [6.07, 6.45) is -0.987. The Kier molecular flexibility index (Phi) is 3.62. The lowest BCUT2D eigenvalue weighted by Crippen LogP contribution is -2.05. The van der Waals surface area contributed by atoms with Gasteiger partial charge in [-0.3, -0.25) is 0 Å². The second-order valence-corrected chi connectivity index (χ2v) is 5.07. The van der Waals surface area contributed by atoms with E-state index in [-0.39, 0.29) is 0 Å². The number of benzene rings is 2. The van der Waals surface area contributed by atoms with Gasteiger partial charge in [0, 0.05) is 6.42 Å². The van der Waals surface area contributed by atoms with Crippen LogP contribution in [0.25, 0.3) is 0 Å². The summed E-state index contributed by atoms with van der Waals surface area (Å²) in [4.78, 5) is 0. The summed E-state index contributed by atoms with van der Waals surface area (Å²) >= 11 is 0. The maximum Gasteiger partial charge on any atom is 0.416 e. The number of ether oxygens (including phenoxy) is 1. The third-order valence-electron chi connectivity index (χ3n) is 3.54. The molecule has 2 aromatic carbocycles. The van der Waals surface area contributed by atoms with Crippen molar-refractivity contribution in [3.8, 4) is 5.75 Å². The van der Waals surface area contributed by atoms with Crippen LogP contribution in [0.15, 0.2) is 42.5 Å². The van der Waals surface area contributed by atoms with Gasteiger partial charge in [-0.25, -0.2) is 0 Å². The number of hydrogen-bond donors (Lipinski definition) is 0. The van der Waals surface area contributed by atoms with Crippen molar-refractivity contribution in [1.29, 1.82) is 0 Å². The average molecular weight is 291 g/mol. The van der Waals surface area contributed by atoms with E-state index >= 15 is 0 Å². The summed E-state index contributed by atoms with van der Waals surface area (Å²) in [6, 6.07) is 11.3. The third kappa shape index (κ3) is 3.20. The quantitative estimate of drug-likeness (QED) is 0.812. The van der Waals surface area contributed by atoms with Crippen LogP contribution in [0.5, 0.6) is 5.75 Å². The highest BCUT2D eigenvalue weighted by Crippen LogP contribution is 2.30. The number of halogens is 3. The molecular formula is C17H14F3O. The smallest absolute Gasteiger partial charge is 0.416 e. The maximum atomic E-state index is 12.7. The van der Waals surface area contributed by atoms with Gasteiger partial charge in [-0.15, -0.1) is 0 Å². The van der Waals surface area contributed by atoms with Crippen molar-refractivity contribution >= 4 is 0 Å². The molecule has 0 spiro atoms. The van der Waals surface area contributed by atoms with E-state index in [1.54, 1.807) is 6.07 Å². The van der Waals surface area contributed by atoms with Gasteiger partial charge in [-0.2, -0.15) is 13.2 Å². The second-order valence-electron chi connectivity index (χ2n) is 5.07. The van der Waals surface area contributed by atoms with E-state index in [2.05, 4.69) is 0 Å². The zero-order valence-corrected chi connectivity index (χ0v) is 11.3. The molecule has 0 fully saturated rings. The molecule has 1 nitrogen and oxygen atoms in total. The maximum absolute atomic E-state index is 12.7. The fraction of sp³-hybridized carbons (Fsp3) is 0.235. The molecule has 4 heteroatoms. The van der Waals surface area contributed by atoms with Crippen LogP contribution in [0, 0.1) is 6.42 Å². The van der Waals surface area contributed by atoms with Gasteiger partial charge in [0.2, 0.25) is 0 Å². The molecule has 0 saturated heterocycles. The molecule has 0 saturated carbocycles. The lowest BCUT2D eigenvalue weighted by atomic mass is 10.0. The van der Waals surface area contributed by atoms with Crippen molar-refractivity contribution in [2.24, 2.45) is 0 Å². The first kappa shape index (κ1) is 14.0. The molecule has 1 heterocycles. The molecule has 1 radical (unpaired) electrons. The number of hydrogen-bond acceptors (Lipinski definition) is 1. The Labute approximate surface area is 121 Å². The molecular weight excluding hydrogens is 277 g/mol. The molecule has 3 rings (SSSR count). The van der Waals surface area contributed by atoms with E-state index in [1.165, 1.54) is 12.1 Å². The van der Waals surface area contributed by atoms with Crippen molar-refractivity contribution in [2.75, 3.05) is 6.61 Å². The van der Waals surface area contributed by atoms with Crippen molar-refractivity contribution in [2.45, 2.75) is 19.0 Å². The molecule has 0 aromatic heterocycles. The van der Waals surface area contributed by atoms with E-state index in [1.807, 2.05) is 24.6 Å². The Morgan fingerprint density at radius 1 is 1.10 bits per heavy atom. The van der Waals surface area contributed by atoms with Crippen LogP contribution >= 0.6 is 0 Å². The Morgan fingerprint density at radius 2 is 1.95 bits per heavy atom. The molecule has 0 N–H and O–H groups in total. The van der Waals surface area contributed by atoms with E-state index in [9.17, 15) is 13.2 Å². The van der Waals surface area contributed by atoms with Gasteiger partial charge in [0.1, 0.15) is 5.75 Å². The predicted octanol–water partition coefficient (Wildman–Crippen LogP) is 4.44. The molecule has 0 atom stereocenters. The molecule has 1 aliphatic heterocycles. The molecule has 1 aliphatic rings. The minimum Gasteiger partial charge on any atom is -0.493 e. The van der Waals surface area contributed by atoms with E-state index < -0.39 is 11.7 Å². The highest BCUT2D eigenvalue weighted by Gasteiger charge is 2.30. The van der Waals surface area contributed by atoms with E-state index in [0.717, 1.165) is 29.4 Å². The molecule has 21 heavy (non-hydrogen) atoms. The highest BCUT2D eigenvalue weighted by atomic mass is 19.4. The summed E-state index contributed by atoms with van der Waals surface area (Å²) < 4.78 is 43.4. The monoisotopic (exact) mass is 291 g/mol. The Bertz CT molecular complexity index is 647. The van der Waals surface area contributed by atoms with E-state index in [4.69, 9.17) is 4.74 Å².